The fourth-order valence-corrected chi connectivity index (χ4v) is 7.13. The number of aliphatic imine (C=N–C) groups is 4. The average molecular weight is 1600 g/mol. The van der Waals surface area contributed by atoms with Gasteiger partial charge in [0.1, 0.15) is 6.10 Å². The SMILES string of the molecule is C=CC(O)C=N.CC(O)C=N.CCC(O)C=N.CCC(O)C=NC.CC[Si](CC)(CC)C(O)C=N.CN=CC(C)O.CN=CC(O)[Si](C)(C)C.CN=CCO.C[Si](C)(C)C(O)C=N.N=CCO.[Co].[Co].[Co].[Co].[Co].[Co].[Co].[Co].[Co].[Co]. The fourth-order valence-electron chi connectivity index (χ4n) is 2.93. The van der Waals surface area contributed by atoms with Gasteiger partial charge in [0, 0.05) is 258 Å². The molecule has 33 heteroatoms. The van der Waals surface area contributed by atoms with Crippen molar-refractivity contribution in [3.05, 3.63) is 12.7 Å². The standard InChI is InChI=1S/C8H19NOSi.C6H15NOSi.C5H13NOSi.C5H11NO.2C4H9NO.C4H7NO.2C3H7NO.C2H5NO.10Co/c1-4-11(5-2,6-3)8(10)7-9;1-7-5-6(8)9(2,3)4;1-8(2,3)5(7)4-6;1-3-5(7)4-6-2;1-4(6)3-5-2;2*1-2-4(6)3-5;1-4-2-3-5;1-3(5)2-4;3-1-2-4;;;;;;;;;;/h7-10H,4-6H2,1-3H3;5-6,8H,1-4H3;4-7H,1-3H3;4-5,7H,3H2,1-2H3;3-4,6H,1-2H3;3-6H,2H2,1H3;2-6H,1H2;2,5H,3H2,1H3;2-5H,1H3;1,3-4H,2H2;;;;;;;;;;. The van der Waals surface area contributed by atoms with Gasteiger partial charge in [0.25, 0.3) is 0 Å². The van der Waals surface area contributed by atoms with E-state index in [-0.39, 0.29) is 193 Å². The summed E-state index contributed by atoms with van der Waals surface area (Å²) >= 11 is 0. The maximum absolute atomic E-state index is 9.59. The predicted octanol–water partition coefficient (Wildman–Crippen LogP) is 4.26. The first-order chi connectivity index (χ1) is 30.9. The summed E-state index contributed by atoms with van der Waals surface area (Å²) < 4.78 is 0. The molecule has 0 saturated carbocycles. The van der Waals surface area contributed by atoms with Crippen molar-refractivity contribution < 1.29 is 219 Å². The largest absolute Gasteiger partial charge is 0.391 e. The molecule has 16 N–H and O–H groups in total. The van der Waals surface area contributed by atoms with E-state index < -0.39 is 60.1 Å². The van der Waals surface area contributed by atoms with Gasteiger partial charge >= 0.3 is 0 Å². The van der Waals surface area contributed by atoms with Crippen molar-refractivity contribution in [3.63, 3.8) is 0 Å². The molecule has 77 heavy (non-hydrogen) atoms. The summed E-state index contributed by atoms with van der Waals surface area (Å²) in [5, 5.41) is 124. The van der Waals surface area contributed by atoms with Crippen LogP contribution in [0.4, 0.5) is 0 Å². The Morgan fingerprint density at radius 1 is 0.429 bits per heavy atom. The normalized spacial score (nSPS) is 12.2. The van der Waals surface area contributed by atoms with E-state index in [4.69, 9.17) is 73.3 Å². The van der Waals surface area contributed by atoms with Crippen LogP contribution >= 0.6 is 0 Å². The van der Waals surface area contributed by atoms with Crippen molar-refractivity contribution in [2.24, 2.45) is 20.0 Å². The Hall–Kier alpha value is 1.76. The van der Waals surface area contributed by atoms with Gasteiger partial charge in [-0.3, -0.25) is 20.0 Å². The van der Waals surface area contributed by atoms with Gasteiger partial charge in [0.05, 0.1) is 79.0 Å². The van der Waals surface area contributed by atoms with Gasteiger partial charge in [-0.15, -0.1) is 6.58 Å². The van der Waals surface area contributed by atoms with Crippen LogP contribution in [-0.2, 0) is 168 Å². The van der Waals surface area contributed by atoms with Crippen LogP contribution in [0.15, 0.2) is 32.6 Å². The quantitative estimate of drug-likeness (QED) is 0.0495. The van der Waals surface area contributed by atoms with Crippen molar-refractivity contribution in [2.75, 3.05) is 41.4 Å². The van der Waals surface area contributed by atoms with Gasteiger partial charge in [-0.1, -0.05) is 98.1 Å². The monoisotopic (exact) mass is 1600 g/mol. The molecule has 10 radical (unpaired) electrons. The van der Waals surface area contributed by atoms with Crippen LogP contribution in [0, 0.1) is 32.5 Å². The summed E-state index contributed by atoms with van der Waals surface area (Å²) in [6, 6.07) is 3.24. The molecule has 0 rings (SSSR count). The molecule has 0 saturated heterocycles. The maximum atomic E-state index is 9.59. The molecule has 0 aliphatic rings. The average Bonchev–Trinajstić information content (AvgIpc) is 3.30. The van der Waals surface area contributed by atoms with E-state index in [1.165, 1.54) is 37.9 Å². The van der Waals surface area contributed by atoms with E-state index in [0.717, 1.165) is 55.6 Å². The minimum absolute atomic E-state index is 0. The number of hydrogen-bond acceptors (Lipinski definition) is 20. The molecule has 8 atom stereocenters. The summed E-state index contributed by atoms with van der Waals surface area (Å²) in [4.78, 5) is 14.4. The van der Waals surface area contributed by atoms with Gasteiger partial charge in [0.15, 0.2) is 0 Å². The van der Waals surface area contributed by atoms with Gasteiger partial charge in [-0.25, -0.2) is 0 Å². The van der Waals surface area contributed by atoms with E-state index in [1.807, 2.05) is 33.5 Å². The van der Waals surface area contributed by atoms with Gasteiger partial charge in [-0.2, -0.15) is 0 Å². The topological polar surface area (TPSA) is 395 Å². The van der Waals surface area contributed by atoms with E-state index in [2.05, 4.69) is 67.0 Å². The van der Waals surface area contributed by atoms with E-state index in [1.54, 1.807) is 41.3 Å². The smallest absolute Gasteiger partial charge is 0.106 e. The molecule has 0 bridgehead atoms. The van der Waals surface area contributed by atoms with Crippen LogP contribution in [0.1, 0.15) is 61.3 Å². The summed E-state index contributed by atoms with van der Waals surface area (Å²) in [6.45, 7) is 28.9. The first kappa shape index (κ1) is 138. The predicted molar refractivity (Wildman–Crippen MR) is 299 cm³/mol. The Morgan fingerprint density at radius 2 is 0.740 bits per heavy atom. The number of nitrogens with one attached hydrogen (secondary N) is 6. The summed E-state index contributed by atoms with van der Waals surface area (Å²) in [7, 11) is 2.26. The molecule has 8 unspecified atom stereocenters. The Kier molecular flexibility index (Phi) is 190. The number of aliphatic hydroxyl groups is 10. The molecule has 0 spiro atoms. The van der Waals surface area contributed by atoms with Crippen molar-refractivity contribution in [1.29, 1.82) is 32.5 Å². The minimum atomic E-state index is -1.51. The van der Waals surface area contributed by atoms with E-state index in [0.29, 0.717) is 6.42 Å². The van der Waals surface area contributed by atoms with E-state index >= 15 is 0 Å². The molecular formula is C44H102Co10N10O10Si3. The zero-order chi connectivity index (χ0) is 55.7. The van der Waals surface area contributed by atoms with Gasteiger partial charge in [0.2, 0.25) is 0 Å². The molecule has 0 heterocycles. The molecule has 0 amide bonds. The van der Waals surface area contributed by atoms with Crippen LogP contribution in [0.2, 0.25) is 57.4 Å². The molecule has 0 aromatic carbocycles. The zero-order valence-corrected chi connectivity index (χ0v) is 61.1. The van der Waals surface area contributed by atoms with Crippen molar-refractivity contribution in [1.82, 2.24) is 0 Å². The summed E-state index contributed by atoms with van der Waals surface area (Å²) in [6.07, 6.45) is 12.3. The Labute approximate surface area is 572 Å². The second-order valence-electron chi connectivity index (χ2n) is 15.7. The second-order valence-corrected chi connectivity index (χ2v) is 31.8. The number of aliphatic hydroxyl groups excluding tert-OH is 10. The molecule has 0 fully saturated rings. The van der Waals surface area contributed by atoms with Crippen molar-refractivity contribution >= 4 is 86.4 Å². The third-order valence-corrected chi connectivity index (χ3v) is 17.4. The molecule has 0 aliphatic carbocycles. The first-order valence-corrected chi connectivity index (χ1v) is 31.8. The Morgan fingerprint density at radius 3 is 0.779 bits per heavy atom. The van der Waals surface area contributed by atoms with Gasteiger partial charge in [-0.05, 0) is 26.7 Å². The van der Waals surface area contributed by atoms with Crippen LogP contribution in [0.3, 0.4) is 0 Å². The summed E-state index contributed by atoms with van der Waals surface area (Å²) in [5.41, 5.74) is -1.19. The second kappa shape index (κ2) is 106. The van der Waals surface area contributed by atoms with E-state index in [9.17, 15) is 10.2 Å². The molecular weight excluding hydrogens is 1500 g/mol. The number of nitrogens with zero attached hydrogens (tertiary/aromatic N) is 4. The van der Waals surface area contributed by atoms with Crippen molar-refractivity contribution in [3.8, 4) is 0 Å². The molecule has 0 aromatic heterocycles. The third kappa shape index (κ3) is 139. The first-order valence-electron chi connectivity index (χ1n) is 21.9. The number of rotatable bonds is 19. The molecule has 20 nitrogen and oxygen atoms in total. The Bertz CT molecular complexity index is 1230. The summed E-state index contributed by atoms with van der Waals surface area (Å²) in [5.74, 6) is 0. The maximum Gasteiger partial charge on any atom is 0.106 e. The zero-order valence-electron chi connectivity index (χ0n) is 47.7. The van der Waals surface area contributed by atoms with Crippen molar-refractivity contribution in [2.45, 2.75) is 166 Å². The van der Waals surface area contributed by atoms with Crippen LogP contribution in [0.5, 0.6) is 0 Å². The van der Waals surface area contributed by atoms with Gasteiger partial charge < -0.3 is 83.5 Å². The fraction of sp³-hybridized carbons (Fsp3) is 0.727. The molecule has 490 valence electrons. The van der Waals surface area contributed by atoms with Crippen LogP contribution in [-0.4, -0.2) is 227 Å². The molecule has 0 aromatic rings. The molecule has 0 aliphatic heterocycles. The van der Waals surface area contributed by atoms with Crippen LogP contribution in [0.25, 0.3) is 0 Å². The number of hydrogen-bond donors (Lipinski definition) is 16. The Balaban J connectivity index is -0.0000000260. The van der Waals surface area contributed by atoms with Crippen LogP contribution < -0.4 is 0 Å². The minimum Gasteiger partial charge on any atom is -0.391 e. The third-order valence-electron chi connectivity index (χ3n) is 7.84.